The molecular weight excluding hydrogens is 198 g/mol. The molecule has 1 aliphatic rings. The molecule has 0 aliphatic heterocycles. The third-order valence-electron chi connectivity index (χ3n) is 3.88. The second-order valence-corrected chi connectivity index (χ2v) is 5.71. The largest absolute Gasteiger partial charge is 0.377 e. The van der Waals surface area contributed by atoms with Crippen LogP contribution >= 0.6 is 0 Å². The minimum Gasteiger partial charge on any atom is -0.377 e. The first-order valence-corrected chi connectivity index (χ1v) is 6.93. The Morgan fingerprint density at radius 2 is 1.81 bits per heavy atom. The van der Waals surface area contributed by atoms with E-state index in [-0.39, 0.29) is 0 Å². The second kappa shape index (κ2) is 6.61. The molecule has 1 saturated carbocycles. The van der Waals surface area contributed by atoms with Gasteiger partial charge in [-0.2, -0.15) is 0 Å². The van der Waals surface area contributed by atoms with E-state index in [1.807, 2.05) is 0 Å². The molecule has 0 radical (unpaired) electrons. The summed E-state index contributed by atoms with van der Waals surface area (Å²) in [4.78, 5) is 0. The van der Waals surface area contributed by atoms with Gasteiger partial charge in [-0.1, -0.05) is 33.1 Å². The molecule has 0 spiro atoms. The van der Waals surface area contributed by atoms with Gasteiger partial charge >= 0.3 is 0 Å². The molecule has 16 heavy (non-hydrogen) atoms. The van der Waals surface area contributed by atoms with Crippen LogP contribution < -0.4 is 5.32 Å². The number of rotatable bonds is 6. The van der Waals surface area contributed by atoms with Crippen LogP contribution in [0.5, 0.6) is 0 Å². The van der Waals surface area contributed by atoms with Gasteiger partial charge in [-0.3, -0.25) is 0 Å². The van der Waals surface area contributed by atoms with Crippen molar-refractivity contribution in [1.29, 1.82) is 0 Å². The molecule has 1 aliphatic carbocycles. The molecule has 1 N–H and O–H groups in total. The number of nitrogens with one attached hydrogen (secondary N) is 1. The van der Waals surface area contributed by atoms with Gasteiger partial charge in [0, 0.05) is 6.04 Å². The molecule has 2 heteroatoms. The van der Waals surface area contributed by atoms with Crippen LogP contribution in [0.15, 0.2) is 0 Å². The zero-order chi connectivity index (χ0) is 12.0. The van der Waals surface area contributed by atoms with E-state index in [0.29, 0.717) is 17.6 Å². The van der Waals surface area contributed by atoms with Crippen molar-refractivity contribution in [1.82, 2.24) is 5.32 Å². The first kappa shape index (κ1) is 14.0. The standard InChI is InChI=1S/C14H29NO/c1-5-15-13(11-16-12(2)3)14(4)9-7-6-8-10-14/h12-13,15H,5-11H2,1-4H3. The van der Waals surface area contributed by atoms with Crippen molar-refractivity contribution in [3.63, 3.8) is 0 Å². The van der Waals surface area contributed by atoms with Gasteiger partial charge in [-0.05, 0) is 38.6 Å². The van der Waals surface area contributed by atoms with E-state index in [4.69, 9.17) is 4.74 Å². The van der Waals surface area contributed by atoms with E-state index in [0.717, 1.165) is 13.2 Å². The zero-order valence-corrected chi connectivity index (χ0v) is 11.5. The lowest BCUT2D eigenvalue weighted by atomic mass is 9.70. The summed E-state index contributed by atoms with van der Waals surface area (Å²) in [6, 6.07) is 0.528. The minimum atomic E-state index is 0.341. The second-order valence-electron chi connectivity index (χ2n) is 5.71. The summed E-state index contributed by atoms with van der Waals surface area (Å²) in [5.74, 6) is 0. The summed E-state index contributed by atoms with van der Waals surface area (Å²) < 4.78 is 5.81. The molecule has 1 rings (SSSR count). The van der Waals surface area contributed by atoms with Crippen molar-refractivity contribution in [3.05, 3.63) is 0 Å². The molecule has 0 saturated heterocycles. The van der Waals surface area contributed by atoms with Crippen LogP contribution in [0.1, 0.15) is 59.8 Å². The zero-order valence-electron chi connectivity index (χ0n) is 11.5. The van der Waals surface area contributed by atoms with Gasteiger partial charge in [0.25, 0.3) is 0 Å². The number of hydrogen-bond donors (Lipinski definition) is 1. The molecule has 2 nitrogen and oxygen atoms in total. The van der Waals surface area contributed by atoms with Crippen LogP contribution in [0.3, 0.4) is 0 Å². The Hall–Kier alpha value is -0.0800. The Kier molecular flexibility index (Phi) is 5.77. The Bertz CT molecular complexity index is 185. The van der Waals surface area contributed by atoms with E-state index >= 15 is 0 Å². The van der Waals surface area contributed by atoms with Crippen LogP contribution in [0.4, 0.5) is 0 Å². The maximum atomic E-state index is 5.81. The predicted octanol–water partition coefficient (Wildman–Crippen LogP) is 3.36. The fourth-order valence-corrected chi connectivity index (χ4v) is 2.75. The summed E-state index contributed by atoms with van der Waals surface area (Å²) in [6.07, 6.45) is 7.24. The molecule has 0 aromatic carbocycles. The Labute approximate surface area is 101 Å². The fourth-order valence-electron chi connectivity index (χ4n) is 2.75. The van der Waals surface area contributed by atoms with Gasteiger partial charge in [0.05, 0.1) is 12.7 Å². The van der Waals surface area contributed by atoms with E-state index in [9.17, 15) is 0 Å². The lowest BCUT2D eigenvalue weighted by molar-refractivity contribution is 0.0159. The first-order chi connectivity index (χ1) is 7.58. The van der Waals surface area contributed by atoms with Crippen LogP contribution in [0.25, 0.3) is 0 Å². The highest BCUT2D eigenvalue weighted by atomic mass is 16.5. The Morgan fingerprint density at radius 3 is 2.31 bits per heavy atom. The quantitative estimate of drug-likeness (QED) is 0.751. The molecular formula is C14H29NO. The van der Waals surface area contributed by atoms with E-state index in [1.165, 1.54) is 32.1 Å². The third-order valence-corrected chi connectivity index (χ3v) is 3.88. The molecule has 1 fully saturated rings. The smallest absolute Gasteiger partial charge is 0.0628 e. The van der Waals surface area contributed by atoms with Gasteiger partial charge in [0.15, 0.2) is 0 Å². The molecule has 0 aromatic rings. The summed E-state index contributed by atoms with van der Waals surface area (Å²) in [5, 5.41) is 3.62. The van der Waals surface area contributed by atoms with Gasteiger partial charge in [-0.15, -0.1) is 0 Å². The van der Waals surface area contributed by atoms with Crippen LogP contribution in [-0.4, -0.2) is 25.3 Å². The molecule has 0 bridgehead atoms. The van der Waals surface area contributed by atoms with Crippen molar-refractivity contribution in [2.24, 2.45) is 5.41 Å². The molecule has 0 aromatic heterocycles. The normalized spacial score (nSPS) is 22.3. The highest BCUT2D eigenvalue weighted by Crippen LogP contribution is 2.38. The summed E-state index contributed by atoms with van der Waals surface area (Å²) >= 11 is 0. The van der Waals surface area contributed by atoms with E-state index in [2.05, 4.69) is 33.0 Å². The predicted molar refractivity (Wildman–Crippen MR) is 69.7 cm³/mol. The van der Waals surface area contributed by atoms with E-state index in [1.54, 1.807) is 0 Å². The fraction of sp³-hybridized carbons (Fsp3) is 1.00. The van der Waals surface area contributed by atoms with Crippen molar-refractivity contribution in [3.8, 4) is 0 Å². The highest BCUT2D eigenvalue weighted by Gasteiger charge is 2.35. The SMILES string of the molecule is CCNC(COC(C)C)C1(C)CCCCC1. The molecule has 1 unspecified atom stereocenters. The molecule has 0 amide bonds. The monoisotopic (exact) mass is 227 g/mol. The van der Waals surface area contributed by atoms with Crippen LogP contribution in [-0.2, 0) is 4.74 Å². The average molecular weight is 227 g/mol. The van der Waals surface area contributed by atoms with Gasteiger partial charge in [0.2, 0.25) is 0 Å². The molecule has 1 atom stereocenters. The van der Waals surface area contributed by atoms with Crippen molar-refractivity contribution >= 4 is 0 Å². The van der Waals surface area contributed by atoms with Crippen molar-refractivity contribution in [2.45, 2.75) is 71.9 Å². The third kappa shape index (κ3) is 4.06. The Morgan fingerprint density at radius 1 is 1.19 bits per heavy atom. The van der Waals surface area contributed by atoms with Crippen molar-refractivity contribution < 1.29 is 4.74 Å². The first-order valence-electron chi connectivity index (χ1n) is 6.93. The topological polar surface area (TPSA) is 21.3 Å². The molecule has 96 valence electrons. The number of ether oxygens (including phenoxy) is 1. The van der Waals surface area contributed by atoms with Gasteiger partial charge in [-0.25, -0.2) is 0 Å². The van der Waals surface area contributed by atoms with Crippen molar-refractivity contribution in [2.75, 3.05) is 13.2 Å². The van der Waals surface area contributed by atoms with Gasteiger partial charge in [0.1, 0.15) is 0 Å². The maximum absolute atomic E-state index is 5.81. The maximum Gasteiger partial charge on any atom is 0.0628 e. The van der Waals surface area contributed by atoms with Gasteiger partial charge < -0.3 is 10.1 Å². The average Bonchev–Trinajstić information content (AvgIpc) is 2.24. The highest BCUT2D eigenvalue weighted by molar-refractivity contribution is 4.89. The number of hydrogen-bond acceptors (Lipinski definition) is 2. The van der Waals surface area contributed by atoms with E-state index < -0.39 is 0 Å². The van der Waals surface area contributed by atoms with Crippen LogP contribution in [0, 0.1) is 5.41 Å². The number of likely N-dealkylation sites (N-methyl/N-ethyl adjacent to an activating group) is 1. The lowest BCUT2D eigenvalue weighted by Crippen LogP contribution is -2.48. The molecule has 0 heterocycles. The Balaban J connectivity index is 2.52. The minimum absolute atomic E-state index is 0.341. The summed E-state index contributed by atoms with van der Waals surface area (Å²) in [7, 11) is 0. The summed E-state index contributed by atoms with van der Waals surface area (Å²) in [5.41, 5.74) is 0.448. The van der Waals surface area contributed by atoms with Crippen LogP contribution in [0.2, 0.25) is 0 Å². The lowest BCUT2D eigenvalue weighted by Gasteiger charge is -2.41. The summed E-state index contributed by atoms with van der Waals surface area (Å²) in [6.45, 7) is 10.8.